The monoisotopic (exact) mass is 305 g/mol. The Kier molecular flexibility index (Phi) is 3.94. The number of benzene rings is 1. The molecule has 0 radical (unpaired) electrons. The number of hydrogen-bond donors (Lipinski definition) is 2. The van der Waals surface area contributed by atoms with Crippen LogP contribution >= 0.6 is 15.9 Å². The maximum Gasteiger partial charge on any atom is 0.244 e. The van der Waals surface area contributed by atoms with E-state index in [0.29, 0.717) is 0 Å². The van der Waals surface area contributed by atoms with Crippen molar-refractivity contribution in [3.05, 3.63) is 58.8 Å². The molecule has 5 heteroatoms. The van der Waals surface area contributed by atoms with Gasteiger partial charge >= 0.3 is 0 Å². The zero-order valence-corrected chi connectivity index (χ0v) is 11.1. The molecule has 1 amide bonds. The summed E-state index contributed by atoms with van der Waals surface area (Å²) in [6, 6.07) is 10.5. The van der Waals surface area contributed by atoms with Gasteiger partial charge in [-0.25, -0.2) is 0 Å². The lowest BCUT2D eigenvalue weighted by molar-refractivity contribution is -0.118. The van der Waals surface area contributed by atoms with Gasteiger partial charge in [0.2, 0.25) is 5.91 Å². The summed E-state index contributed by atoms with van der Waals surface area (Å²) in [6.07, 6.45) is 3.28. The molecule has 1 aromatic carbocycles. The number of rotatable bonds is 4. The van der Waals surface area contributed by atoms with Crippen LogP contribution in [0.3, 0.4) is 0 Å². The minimum Gasteiger partial charge on any atom is -0.370 e. The first-order valence-corrected chi connectivity index (χ1v) is 6.17. The van der Waals surface area contributed by atoms with Crippen LogP contribution in [0.4, 0.5) is 5.69 Å². The number of hydrogen-bond acceptors (Lipinski definition) is 3. The SMILES string of the molecule is NC(=O)C(Nc1ccc(Br)cc1)c1cccnc1. The molecule has 1 atom stereocenters. The molecule has 2 rings (SSSR count). The zero-order chi connectivity index (χ0) is 13.0. The molecule has 0 bridgehead atoms. The number of carbonyl (C=O) groups is 1. The molecule has 0 saturated heterocycles. The van der Waals surface area contributed by atoms with Crippen molar-refractivity contribution in [1.29, 1.82) is 0 Å². The number of halogens is 1. The van der Waals surface area contributed by atoms with Crippen molar-refractivity contribution in [2.75, 3.05) is 5.32 Å². The number of pyridine rings is 1. The molecule has 2 aromatic rings. The Bertz CT molecular complexity index is 528. The second-order valence-electron chi connectivity index (χ2n) is 3.77. The van der Waals surface area contributed by atoms with Crippen molar-refractivity contribution in [3.8, 4) is 0 Å². The number of nitrogens with two attached hydrogens (primary N) is 1. The molecule has 18 heavy (non-hydrogen) atoms. The Morgan fingerprint density at radius 2 is 2.00 bits per heavy atom. The number of amides is 1. The lowest BCUT2D eigenvalue weighted by Gasteiger charge is -2.16. The standard InChI is InChI=1S/C13H12BrN3O/c14-10-3-5-11(6-4-10)17-12(13(15)18)9-2-1-7-16-8-9/h1-8,12,17H,(H2,15,18). The number of primary amides is 1. The molecule has 0 saturated carbocycles. The van der Waals surface area contributed by atoms with E-state index in [-0.39, 0.29) is 0 Å². The third-order valence-electron chi connectivity index (χ3n) is 2.46. The molecule has 1 aromatic heterocycles. The first-order valence-electron chi connectivity index (χ1n) is 5.38. The van der Waals surface area contributed by atoms with Crippen LogP contribution in [0.25, 0.3) is 0 Å². The molecule has 4 nitrogen and oxygen atoms in total. The maximum absolute atomic E-state index is 11.5. The summed E-state index contributed by atoms with van der Waals surface area (Å²) in [4.78, 5) is 15.5. The fourth-order valence-corrected chi connectivity index (χ4v) is 1.84. The van der Waals surface area contributed by atoms with E-state index in [2.05, 4.69) is 26.2 Å². The zero-order valence-electron chi connectivity index (χ0n) is 9.51. The van der Waals surface area contributed by atoms with E-state index in [1.807, 2.05) is 30.3 Å². The van der Waals surface area contributed by atoms with Gasteiger partial charge in [0.25, 0.3) is 0 Å². The van der Waals surface area contributed by atoms with Crippen LogP contribution < -0.4 is 11.1 Å². The van der Waals surface area contributed by atoms with Crippen molar-refractivity contribution >= 4 is 27.5 Å². The lowest BCUT2D eigenvalue weighted by Crippen LogP contribution is -2.27. The van der Waals surface area contributed by atoms with Crippen molar-refractivity contribution in [3.63, 3.8) is 0 Å². The van der Waals surface area contributed by atoms with E-state index in [4.69, 9.17) is 5.73 Å². The van der Waals surface area contributed by atoms with E-state index in [1.165, 1.54) is 0 Å². The van der Waals surface area contributed by atoms with Gasteiger partial charge in [0, 0.05) is 28.1 Å². The molecular formula is C13H12BrN3O. The summed E-state index contributed by atoms with van der Waals surface area (Å²) < 4.78 is 0.977. The van der Waals surface area contributed by atoms with Crippen LogP contribution in [0.1, 0.15) is 11.6 Å². The van der Waals surface area contributed by atoms with Crippen LogP contribution in [-0.4, -0.2) is 10.9 Å². The Labute approximate surface area is 113 Å². The molecule has 0 aliphatic rings. The highest BCUT2D eigenvalue weighted by atomic mass is 79.9. The predicted molar refractivity (Wildman–Crippen MR) is 73.9 cm³/mol. The third kappa shape index (κ3) is 3.07. The topological polar surface area (TPSA) is 68.0 Å². The van der Waals surface area contributed by atoms with Crippen LogP contribution in [0.15, 0.2) is 53.3 Å². The van der Waals surface area contributed by atoms with Gasteiger partial charge in [0.1, 0.15) is 6.04 Å². The second kappa shape index (κ2) is 5.64. The minimum atomic E-state index is -0.583. The van der Waals surface area contributed by atoms with Gasteiger partial charge < -0.3 is 11.1 Å². The fourth-order valence-electron chi connectivity index (χ4n) is 1.58. The van der Waals surface area contributed by atoms with Crippen molar-refractivity contribution in [2.24, 2.45) is 5.73 Å². The number of carbonyl (C=O) groups excluding carboxylic acids is 1. The third-order valence-corrected chi connectivity index (χ3v) is 2.99. The highest BCUT2D eigenvalue weighted by Crippen LogP contribution is 2.20. The van der Waals surface area contributed by atoms with Gasteiger partial charge in [0.15, 0.2) is 0 Å². The molecule has 92 valence electrons. The van der Waals surface area contributed by atoms with Gasteiger partial charge in [0.05, 0.1) is 0 Å². The summed E-state index contributed by atoms with van der Waals surface area (Å²) in [7, 11) is 0. The van der Waals surface area contributed by atoms with Crippen molar-refractivity contribution < 1.29 is 4.79 Å². The fraction of sp³-hybridized carbons (Fsp3) is 0.0769. The van der Waals surface area contributed by atoms with Gasteiger partial charge in [-0.3, -0.25) is 9.78 Å². The maximum atomic E-state index is 11.5. The smallest absolute Gasteiger partial charge is 0.244 e. The second-order valence-corrected chi connectivity index (χ2v) is 4.69. The lowest BCUT2D eigenvalue weighted by atomic mass is 10.1. The Morgan fingerprint density at radius 1 is 1.28 bits per heavy atom. The molecular weight excluding hydrogens is 294 g/mol. The Hall–Kier alpha value is -1.88. The van der Waals surface area contributed by atoms with Crippen molar-refractivity contribution in [1.82, 2.24) is 4.98 Å². The average molecular weight is 306 g/mol. The van der Waals surface area contributed by atoms with Crippen LogP contribution in [0, 0.1) is 0 Å². The first kappa shape index (κ1) is 12.6. The summed E-state index contributed by atoms with van der Waals surface area (Å²) in [5.74, 6) is -0.439. The molecule has 0 spiro atoms. The average Bonchev–Trinajstić information content (AvgIpc) is 2.38. The largest absolute Gasteiger partial charge is 0.370 e. The Morgan fingerprint density at radius 3 is 2.56 bits per heavy atom. The highest BCUT2D eigenvalue weighted by Gasteiger charge is 2.17. The molecule has 1 heterocycles. The molecule has 0 aliphatic carbocycles. The molecule has 0 aliphatic heterocycles. The van der Waals surface area contributed by atoms with Gasteiger partial charge in [-0.1, -0.05) is 22.0 Å². The summed E-state index contributed by atoms with van der Waals surface area (Å²) >= 11 is 3.36. The minimum absolute atomic E-state index is 0.439. The molecule has 0 fully saturated rings. The summed E-state index contributed by atoms with van der Waals surface area (Å²) in [6.45, 7) is 0. The van der Waals surface area contributed by atoms with Gasteiger partial charge in [-0.15, -0.1) is 0 Å². The van der Waals surface area contributed by atoms with E-state index in [1.54, 1.807) is 18.5 Å². The normalized spacial score (nSPS) is 11.8. The van der Waals surface area contributed by atoms with Crippen LogP contribution in [0.2, 0.25) is 0 Å². The van der Waals surface area contributed by atoms with Crippen LogP contribution in [0.5, 0.6) is 0 Å². The van der Waals surface area contributed by atoms with E-state index in [9.17, 15) is 4.79 Å². The van der Waals surface area contributed by atoms with E-state index < -0.39 is 11.9 Å². The highest BCUT2D eigenvalue weighted by molar-refractivity contribution is 9.10. The summed E-state index contributed by atoms with van der Waals surface area (Å²) in [5, 5.41) is 3.09. The van der Waals surface area contributed by atoms with Crippen molar-refractivity contribution in [2.45, 2.75) is 6.04 Å². The first-order chi connectivity index (χ1) is 8.66. The van der Waals surface area contributed by atoms with Gasteiger partial charge in [-0.2, -0.15) is 0 Å². The number of nitrogens with one attached hydrogen (secondary N) is 1. The number of aromatic nitrogens is 1. The molecule has 3 N–H and O–H groups in total. The molecule has 1 unspecified atom stereocenters. The van der Waals surface area contributed by atoms with Gasteiger partial charge in [-0.05, 0) is 30.3 Å². The van der Waals surface area contributed by atoms with E-state index >= 15 is 0 Å². The number of anilines is 1. The summed E-state index contributed by atoms with van der Waals surface area (Å²) in [5.41, 5.74) is 6.98. The van der Waals surface area contributed by atoms with Crippen LogP contribution in [-0.2, 0) is 4.79 Å². The Balaban J connectivity index is 2.22. The van der Waals surface area contributed by atoms with E-state index in [0.717, 1.165) is 15.7 Å². The predicted octanol–water partition coefficient (Wildman–Crippen LogP) is 2.48. The quantitative estimate of drug-likeness (QED) is 0.912. The number of nitrogens with zero attached hydrogens (tertiary/aromatic N) is 1.